The van der Waals surface area contributed by atoms with Crippen LogP contribution >= 0.6 is 23.4 Å². The number of hydrogen-bond acceptors (Lipinski definition) is 6. The summed E-state index contributed by atoms with van der Waals surface area (Å²) in [5.74, 6) is 0.562. The maximum Gasteiger partial charge on any atom is 0.262 e. The number of hydrogen-bond donors (Lipinski definition) is 1. The van der Waals surface area contributed by atoms with E-state index in [1.54, 1.807) is 12.5 Å². The third kappa shape index (κ3) is 3.36. The van der Waals surface area contributed by atoms with Gasteiger partial charge in [0.25, 0.3) is 5.22 Å². The summed E-state index contributed by atoms with van der Waals surface area (Å²) >= 11 is 7.33. The summed E-state index contributed by atoms with van der Waals surface area (Å²) in [4.78, 5) is 12.6. The van der Waals surface area contributed by atoms with Gasteiger partial charge in [-0.2, -0.15) is 0 Å². The molecule has 0 atom stereocenters. The van der Waals surface area contributed by atoms with Gasteiger partial charge in [-0.3, -0.25) is 0 Å². The van der Waals surface area contributed by atoms with Gasteiger partial charge in [-0.25, -0.2) is 15.0 Å². The van der Waals surface area contributed by atoms with Gasteiger partial charge in [-0.05, 0) is 25.1 Å². The number of aryl methyl sites for hydroxylation is 1. The first-order chi connectivity index (χ1) is 8.69. The molecule has 0 saturated carbocycles. The monoisotopic (exact) mass is 284 g/mol. The van der Waals surface area contributed by atoms with Crippen molar-refractivity contribution in [2.45, 2.75) is 30.5 Å². The van der Waals surface area contributed by atoms with Crippen LogP contribution < -0.4 is 5.32 Å². The Morgan fingerprint density at radius 2 is 2.28 bits per heavy atom. The fourth-order valence-corrected chi connectivity index (χ4v) is 2.15. The molecule has 7 heteroatoms. The van der Waals surface area contributed by atoms with Crippen LogP contribution in [0.3, 0.4) is 0 Å². The SMILES string of the molecule is CCCNc1ncc(Cl)c(Sc2nc(C)co2)n1. The summed E-state index contributed by atoms with van der Waals surface area (Å²) < 4.78 is 5.26. The lowest BCUT2D eigenvalue weighted by Crippen LogP contribution is -2.04. The van der Waals surface area contributed by atoms with E-state index in [1.165, 1.54) is 11.8 Å². The highest BCUT2D eigenvalue weighted by atomic mass is 35.5. The molecule has 0 aliphatic carbocycles. The molecule has 96 valence electrons. The van der Waals surface area contributed by atoms with Gasteiger partial charge < -0.3 is 9.73 Å². The normalized spacial score (nSPS) is 10.6. The second kappa shape index (κ2) is 6.06. The largest absolute Gasteiger partial charge is 0.439 e. The maximum atomic E-state index is 6.04. The molecule has 0 bridgehead atoms. The van der Waals surface area contributed by atoms with Crippen LogP contribution in [0.25, 0.3) is 0 Å². The Balaban J connectivity index is 2.15. The van der Waals surface area contributed by atoms with Crippen LogP contribution in [0.2, 0.25) is 5.02 Å². The minimum absolute atomic E-state index is 0.484. The molecule has 2 aromatic heterocycles. The Morgan fingerprint density at radius 1 is 1.44 bits per heavy atom. The zero-order chi connectivity index (χ0) is 13.0. The number of nitrogens with one attached hydrogen (secondary N) is 1. The van der Waals surface area contributed by atoms with Gasteiger partial charge in [-0.1, -0.05) is 18.5 Å². The number of halogens is 1. The van der Waals surface area contributed by atoms with Crippen LogP contribution in [-0.2, 0) is 0 Å². The minimum Gasteiger partial charge on any atom is -0.439 e. The van der Waals surface area contributed by atoms with Gasteiger partial charge in [-0.15, -0.1) is 0 Å². The van der Waals surface area contributed by atoms with Crippen molar-refractivity contribution < 1.29 is 4.42 Å². The Morgan fingerprint density at radius 3 is 2.94 bits per heavy atom. The van der Waals surface area contributed by atoms with Crippen molar-refractivity contribution in [2.24, 2.45) is 0 Å². The Kier molecular flexibility index (Phi) is 4.43. The molecule has 0 amide bonds. The van der Waals surface area contributed by atoms with Crippen molar-refractivity contribution in [3.63, 3.8) is 0 Å². The first-order valence-electron chi connectivity index (χ1n) is 5.55. The molecule has 0 saturated heterocycles. The average molecular weight is 285 g/mol. The van der Waals surface area contributed by atoms with Crippen LogP contribution in [0.15, 0.2) is 27.1 Å². The summed E-state index contributed by atoms with van der Waals surface area (Å²) in [5, 5.41) is 4.75. The Labute approximate surface area is 114 Å². The first kappa shape index (κ1) is 13.2. The van der Waals surface area contributed by atoms with Crippen LogP contribution in [0, 0.1) is 6.92 Å². The van der Waals surface area contributed by atoms with Gasteiger partial charge in [0.1, 0.15) is 11.3 Å². The number of oxazole rings is 1. The summed E-state index contributed by atoms with van der Waals surface area (Å²) in [5.41, 5.74) is 0.826. The lowest BCUT2D eigenvalue weighted by Gasteiger charge is -2.05. The molecule has 18 heavy (non-hydrogen) atoms. The van der Waals surface area contributed by atoms with Crippen molar-refractivity contribution in [1.82, 2.24) is 15.0 Å². The molecule has 0 fully saturated rings. The standard InChI is InChI=1S/C11H13ClN4OS/c1-3-4-13-10-14-5-8(12)9(16-10)18-11-15-7(2)6-17-11/h5-6H,3-4H2,1-2H3,(H,13,14,16). The topological polar surface area (TPSA) is 63.8 Å². The average Bonchev–Trinajstić information content (AvgIpc) is 2.76. The number of rotatable bonds is 5. The van der Waals surface area contributed by atoms with Crippen LogP contribution in [0.4, 0.5) is 5.95 Å². The molecular formula is C11H13ClN4OS. The van der Waals surface area contributed by atoms with Crippen molar-refractivity contribution in [1.29, 1.82) is 0 Å². The predicted octanol–water partition coefficient (Wildman–Crippen LogP) is 3.40. The second-order valence-corrected chi connectivity index (χ2v) is 4.98. The molecule has 0 unspecified atom stereocenters. The summed E-state index contributed by atoms with van der Waals surface area (Å²) in [6, 6.07) is 0. The van der Waals surface area contributed by atoms with Crippen LogP contribution in [0.5, 0.6) is 0 Å². The van der Waals surface area contributed by atoms with Crippen molar-refractivity contribution >= 4 is 29.3 Å². The Hall–Kier alpha value is -1.27. The third-order valence-corrected chi connectivity index (χ3v) is 3.28. The Bertz CT molecular complexity index is 532. The van der Waals surface area contributed by atoms with Crippen molar-refractivity contribution in [3.05, 3.63) is 23.2 Å². The number of anilines is 1. The third-order valence-electron chi connectivity index (χ3n) is 2.03. The molecule has 2 heterocycles. The summed E-state index contributed by atoms with van der Waals surface area (Å²) in [6.07, 6.45) is 4.17. The molecule has 0 spiro atoms. The van der Waals surface area contributed by atoms with E-state index in [2.05, 4.69) is 27.2 Å². The van der Waals surface area contributed by atoms with E-state index in [-0.39, 0.29) is 0 Å². The quantitative estimate of drug-likeness (QED) is 0.849. The fraction of sp³-hybridized carbons (Fsp3) is 0.364. The summed E-state index contributed by atoms with van der Waals surface area (Å²) in [7, 11) is 0. The van der Waals surface area contributed by atoms with E-state index in [4.69, 9.17) is 16.0 Å². The highest BCUT2D eigenvalue weighted by molar-refractivity contribution is 7.99. The van der Waals surface area contributed by atoms with Crippen LogP contribution in [-0.4, -0.2) is 21.5 Å². The van der Waals surface area contributed by atoms with E-state index in [0.29, 0.717) is 21.2 Å². The van der Waals surface area contributed by atoms with E-state index in [1.807, 2.05) is 6.92 Å². The van der Waals surface area contributed by atoms with Crippen molar-refractivity contribution in [3.8, 4) is 0 Å². The zero-order valence-electron chi connectivity index (χ0n) is 10.1. The second-order valence-electron chi connectivity index (χ2n) is 3.63. The highest BCUT2D eigenvalue weighted by Crippen LogP contribution is 2.31. The van der Waals surface area contributed by atoms with E-state index in [0.717, 1.165) is 18.7 Å². The molecular weight excluding hydrogens is 272 g/mol. The van der Waals surface area contributed by atoms with Crippen molar-refractivity contribution in [2.75, 3.05) is 11.9 Å². The van der Waals surface area contributed by atoms with Gasteiger partial charge in [0, 0.05) is 6.54 Å². The fourth-order valence-electron chi connectivity index (χ4n) is 1.21. The lowest BCUT2D eigenvalue weighted by atomic mass is 10.5. The van der Waals surface area contributed by atoms with Gasteiger partial charge in [0.15, 0.2) is 0 Å². The van der Waals surface area contributed by atoms with Gasteiger partial charge >= 0.3 is 0 Å². The van der Waals surface area contributed by atoms with E-state index >= 15 is 0 Å². The molecule has 0 aliphatic rings. The zero-order valence-corrected chi connectivity index (χ0v) is 11.7. The molecule has 0 radical (unpaired) electrons. The smallest absolute Gasteiger partial charge is 0.262 e. The highest BCUT2D eigenvalue weighted by Gasteiger charge is 2.10. The number of nitrogens with zero attached hydrogens (tertiary/aromatic N) is 3. The molecule has 0 aromatic carbocycles. The van der Waals surface area contributed by atoms with Gasteiger partial charge in [0.05, 0.1) is 16.9 Å². The molecule has 2 aromatic rings. The minimum atomic E-state index is 0.484. The van der Waals surface area contributed by atoms with E-state index in [9.17, 15) is 0 Å². The number of aromatic nitrogens is 3. The molecule has 0 aliphatic heterocycles. The molecule has 2 rings (SSSR count). The van der Waals surface area contributed by atoms with Crippen LogP contribution in [0.1, 0.15) is 19.0 Å². The predicted molar refractivity (Wildman–Crippen MR) is 71.2 cm³/mol. The maximum absolute atomic E-state index is 6.04. The van der Waals surface area contributed by atoms with E-state index < -0.39 is 0 Å². The molecule has 5 nitrogen and oxygen atoms in total. The van der Waals surface area contributed by atoms with Gasteiger partial charge in [0.2, 0.25) is 5.95 Å². The molecule has 1 N–H and O–H groups in total. The first-order valence-corrected chi connectivity index (χ1v) is 6.75. The lowest BCUT2D eigenvalue weighted by molar-refractivity contribution is 0.454. The summed E-state index contributed by atoms with van der Waals surface area (Å²) in [6.45, 7) is 4.77.